The molecule has 0 unspecified atom stereocenters. The second-order valence-corrected chi connectivity index (χ2v) is 21.2. The molecular formula is C49H79F3N2O11. The number of aliphatic hydroxyl groups excluding tert-OH is 1. The number of aliphatic hydroxyl groups is 2. The molecule has 2 spiro atoms. The smallest absolute Gasteiger partial charge is 0.391 e. The van der Waals surface area contributed by atoms with Gasteiger partial charge in [0.05, 0.1) is 59.7 Å². The van der Waals surface area contributed by atoms with Crippen LogP contribution in [0.5, 0.6) is 0 Å². The van der Waals surface area contributed by atoms with Gasteiger partial charge in [0.1, 0.15) is 11.8 Å². The number of aliphatic carboxylic acids is 1. The minimum absolute atomic E-state index is 0.0493. The monoisotopic (exact) mass is 929 g/mol. The van der Waals surface area contributed by atoms with Crippen LogP contribution in [0.3, 0.4) is 0 Å². The van der Waals surface area contributed by atoms with Crippen molar-refractivity contribution in [1.29, 1.82) is 0 Å². The summed E-state index contributed by atoms with van der Waals surface area (Å²) in [4.78, 5) is 42.0. The molecule has 6 aliphatic heterocycles. The number of nitrogens with one attached hydrogen (secondary N) is 1. The molecule has 372 valence electrons. The fraction of sp³-hybridized carbons (Fsp3) is 0.898. The van der Waals surface area contributed by atoms with E-state index in [9.17, 15) is 42.9 Å². The zero-order valence-corrected chi connectivity index (χ0v) is 40.4. The number of ketones is 1. The van der Waals surface area contributed by atoms with Gasteiger partial charge in [-0.25, -0.2) is 4.79 Å². The summed E-state index contributed by atoms with van der Waals surface area (Å²) in [6.07, 6.45) is 0.586. The molecule has 0 saturated carbocycles. The topological polar surface area (TPSA) is 173 Å². The van der Waals surface area contributed by atoms with Crippen molar-refractivity contribution in [2.45, 2.75) is 218 Å². The lowest BCUT2D eigenvalue weighted by Crippen LogP contribution is -2.66. The molecule has 2 amide bonds. The number of carbonyl (C=O) groups is 3. The Kier molecular flexibility index (Phi) is 16.0. The summed E-state index contributed by atoms with van der Waals surface area (Å²) in [5.74, 6) is -8.24. The molecule has 5 fully saturated rings. The molecule has 6 heterocycles. The number of amides is 2. The molecule has 0 aromatic heterocycles. The van der Waals surface area contributed by atoms with Crippen LogP contribution in [0.2, 0.25) is 0 Å². The lowest BCUT2D eigenvalue weighted by Gasteiger charge is -2.55. The van der Waals surface area contributed by atoms with Crippen LogP contribution in [-0.4, -0.2) is 123 Å². The van der Waals surface area contributed by atoms with E-state index in [1.165, 1.54) is 4.90 Å². The van der Waals surface area contributed by atoms with Gasteiger partial charge in [-0.15, -0.1) is 0 Å². The maximum Gasteiger partial charge on any atom is 0.391 e. The first-order chi connectivity index (χ1) is 30.4. The number of ether oxygens (including phenoxy) is 5. The van der Waals surface area contributed by atoms with Crippen LogP contribution in [0.25, 0.3) is 0 Å². The summed E-state index contributed by atoms with van der Waals surface area (Å²) in [5, 5.41) is 36.0. The molecule has 4 N–H and O–H groups in total. The summed E-state index contributed by atoms with van der Waals surface area (Å²) < 4.78 is 75.0. The van der Waals surface area contributed by atoms with Gasteiger partial charge in [-0.05, 0) is 102 Å². The summed E-state index contributed by atoms with van der Waals surface area (Å²) in [6.45, 7) is 19.1. The number of halogens is 3. The van der Waals surface area contributed by atoms with Crippen LogP contribution in [0.1, 0.15) is 146 Å². The zero-order valence-electron chi connectivity index (χ0n) is 40.4. The number of rotatable bonds is 13. The van der Waals surface area contributed by atoms with Gasteiger partial charge >= 0.3 is 18.2 Å². The Hall–Kier alpha value is -2.34. The van der Waals surface area contributed by atoms with Gasteiger partial charge in [-0.3, -0.25) is 9.59 Å². The Balaban J connectivity index is 1.24. The molecule has 0 bridgehead atoms. The standard InChI is InChI=1S/C49H79F3N2O11/c1-11-34(43(57)58)36-15-14-27(4)41(62-36)31(8)39(55)30(7)40(56)35(12-2)42-28(5)26-29(6)47(63-42)21-16-37(53-44(59)54-24-18-33(19-25-54)49(50,51)52)48(65-47)23-22-45(10,64-48)38-17-20-46(60,13-3)32(9)61-38/h16,21,27-39,41-42,55,60H,11-15,17-20,22-26H2,1-10H3,(H,53,59)(H,57,58)/t27-,28-,29+,30-,31-,32-,34+,35-,36+,37+,38+,39+,41+,42-,45-,46+,47-,48-/m0/s1. The molecule has 0 radical (unpaired) electrons. The molecule has 5 saturated heterocycles. The van der Waals surface area contributed by atoms with Gasteiger partial charge in [0.2, 0.25) is 0 Å². The average Bonchev–Trinajstić information content (AvgIpc) is 3.60. The first kappa shape index (κ1) is 52.0. The van der Waals surface area contributed by atoms with Crippen LogP contribution in [0.15, 0.2) is 12.2 Å². The van der Waals surface area contributed by atoms with Crippen LogP contribution in [0.4, 0.5) is 18.0 Å². The normalized spacial score (nSPS) is 41.8. The third kappa shape index (κ3) is 10.3. The molecule has 13 nitrogen and oxygen atoms in total. The predicted molar refractivity (Wildman–Crippen MR) is 235 cm³/mol. The molecule has 0 aromatic rings. The SMILES string of the molecule is CC[C@@H](C(=O)[C@@H](C)[C@@H](O)[C@H](C)[C@@H]1O[C@@H]([C@@H](CC)C(=O)O)CC[C@@H]1C)[C@H]1O[C@]2(C=C[C@@H](NC(=O)N3CCC(C(F)(F)F)CC3)[C@]3(CC[C@@](C)([C@H]4CC[C@](O)(CC)[C@H](C)O4)O3)O2)[C@H](C)C[C@@H]1C. The molecule has 0 aliphatic carbocycles. The van der Waals surface area contributed by atoms with Crippen molar-refractivity contribution in [1.82, 2.24) is 10.2 Å². The predicted octanol–water partition coefficient (Wildman–Crippen LogP) is 8.18. The lowest BCUT2D eigenvalue weighted by molar-refractivity contribution is -0.398. The van der Waals surface area contributed by atoms with Crippen LogP contribution in [-0.2, 0) is 33.3 Å². The van der Waals surface area contributed by atoms with Crippen molar-refractivity contribution >= 4 is 17.8 Å². The number of nitrogens with zero attached hydrogens (tertiary/aromatic N) is 1. The molecule has 16 heteroatoms. The minimum atomic E-state index is -4.33. The van der Waals surface area contributed by atoms with Gasteiger partial charge in [-0.1, -0.05) is 61.5 Å². The number of hydrogen-bond donors (Lipinski definition) is 4. The number of urea groups is 1. The van der Waals surface area contributed by atoms with E-state index in [1.54, 1.807) is 13.0 Å². The zero-order chi connectivity index (χ0) is 48.0. The molecular weight excluding hydrogens is 850 g/mol. The van der Waals surface area contributed by atoms with E-state index in [0.717, 1.165) is 6.42 Å². The number of piperidine rings is 1. The van der Waals surface area contributed by atoms with E-state index in [0.29, 0.717) is 57.8 Å². The van der Waals surface area contributed by atoms with Crippen molar-refractivity contribution in [2.24, 2.45) is 47.3 Å². The second-order valence-electron chi connectivity index (χ2n) is 21.2. The molecule has 0 aromatic carbocycles. The summed E-state index contributed by atoms with van der Waals surface area (Å²) in [6, 6.07) is -1.39. The average molecular weight is 929 g/mol. The van der Waals surface area contributed by atoms with Crippen LogP contribution in [0, 0.1) is 47.3 Å². The number of Topliss-reactive ketones (excluding diaryl/α,β-unsaturated/α-hetero) is 1. The number of carbonyl (C=O) groups excluding carboxylic acids is 2. The van der Waals surface area contributed by atoms with Gasteiger partial charge < -0.3 is 49.2 Å². The summed E-state index contributed by atoms with van der Waals surface area (Å²) >= 11 is 0. The van der Waals surface area contributed by atoms with E-state index in [-0.39, 0.29) is 49.5 Å². The Morgan fingerprint density at radius 3 is 2.12 bits per heavy atom. The van der Waals surface area contributed by atoms with Crippen LogP contribution < -0.4 is 5.32 Å². The Labute approximate surface area is 384 Å². The first-order valence-electron chi connectivity index (χ1n) is 24.8. The number of alkyl halides is 3. The molecule has 18 atom stereocenters. The minimum Gasteiger partial charge on any atom is -0.481 e. The van der Waals surface area contributed by atoms with E-state index in [4.69, 9.17) is 23.7 Å². The number of likely N-dealkylation sites (tertiary alicyclic amines) is 1. The number of carboxylic acids is 1. The van der Waals surface area contributed by atoms with Gasteiger partial charge in [0, 0.05) is 43.2 Å². The van der Waals surface area contributed by atoms with E-state index in [1.807, 2.05) is 68.4 Å². The van der Waals surface area contributed by atoms with Crippen molar-refractivity contribution < 1.29 is 66.6 Å². The highest BCUT2D eigenvalue weighted by molar-refractivity contribution is 5.84. The fourth-order valence-electron chi connectivity index (χ4n) is 12.3. The lowest BCUT2D eigenvalue weighted by atomic mass is 9.72. The third-order valence-electron chi connectivity index (χ3n) is 17.0. The Morgan fingerprint density at radius 2 is 1.54 bits per heavy atom. The highest BCUT2D eigenvalue weighted by atomic mass is 19.4. The first-order valence-corrected chi connectivity index (χ1v) is 24.8. The highest BCUT2D eigenvalue weighted by Crippen LogP contribution is 2.54. The van der Waals surface area contributed by atoms with E-state index < -0.39 is 113 Å². The van der Waals surface area contributed by atoms with Gasteiger partial charge in [0.15, 0.2) is 11.6 Å². The fourth-order valence-corrected chi connectivity index (χ4v) is 12.3. The van der Waals surface area contributed by atoms with Gasteiger partial charge in [0.25, 0.3) is 0 Å². The second kappa shape index (κ2) is 19.9. The Morgan fingerprint density at radius 1 is 0.877 bits per heavy atom. The summed E-state index contributed by atoms with van der Waals surface area (Å²) in [5.41, 5.74) is -1.89. The maximum atomic E-state index is 14.7. The number of carboxylic acid groups (broad SMARTS) is 1. The highest BCUT2D eigenvalue weighted by Gasteiger charge is 2.64. The van der Waals surface area contributed by atoms with Crippen molar-refractivity contribution in [2.75, 3.05) is 13.1 Å². The Bertz CT molecular complexity index is 1710. The largest absolute Gasteiger partial charge is 0.481 e. The van der Waals surface area contributed by atoms with E-state index in [2.05, 4.69) is 5.32 Å². The number of hydrogen-bond acceptors (Lipinski definition) is 10. The van der Waals surface area contributed by atoms with Crippen molar-refractivity contribution in [3.05, 3.63) is 12.2 Å². The van der Waals surface area contributed by atoms with Crippen molar-refractivity contribution in [3.8, 4) is 0 Å². The summed E-state index contributed by atoms with van der Waals surface area (Å²) in [7, 11) is 0. The quantitative estimate of drug-likeness (QED) is 0.131. The molecule has 65 heavy (non-hydrogen) atoms. The van der Waals surface area contributed by atoms with E-state index >= 15 is 0 Å². The molecule has 6 rings (SSSR count). The maximum absolute atomic E-state index is 14.7. The van der Waals surface area contributed by atoms with Gasteiger partial charge in [-0.2, -0.15) is 13.2 Å². The molecule has 6 aliphatic rings. The van der Waals surface area contributed by atoms with Crippen LogP contribution >= 0.6 is 0 Å². The third-order valence-corrected chi connectivity index (χ3v) is 17.0. The van der Waals surface area contributed by atoms with Crippen molar-refractivity contribution in [3.63, 3.8) is 0 Å².